The summed E-state index contributed by atoms with van der Waals surface area (Å²) in [6, 6.07) is 22.4. The number of nitrogens with zero attached hydrogens (tertiary/aromatic N) is 1. The molecule has 1 heteroatoms. The number of likely N-dealkylation sites (tertiary alicyclic amines) is 1. The number of rotatable bonds is 4. The van der Waals surface area contributed by atoms with E-state index in [4.69, 9.17) is 0 Å². The Balaban J connectivity index is 1.53. The summed E-state index contributed by atoms with van der Waals surface area (Å²) in [7, 11) is 0. The van der Waals surface area contributed by atoms with E-state index in [1.54, 1.807) is 0 Å². The van der Waals surface area contributed by atoms with E-state index in [1.807, 2.05) is 0 Å². The topological polar surface area (TPSA) is 3.24 Å². The lowest BCUT2D eigenvalue weighted by molar-refractivity contribution is 0.141. The van der Waals surface area contributed by atoms with Crippen LogP contribution in [-0.2, 0) is 6.42 Å². The molecule has 0 amide bonds. The smallest absolute Gasteiger partial charge is 0.0319 e. The zero-order chi connectivity index (χ0) is 14.5. The molecule has 0 radical (unpaired) electrons. The second-order valence-corrected chi connectivity index (χ2v) is 6.26. The van der Waals surface area contributed by atoms with Gasteiger partial charge in [0.05, 0.1) is 0 Å². The molecule has 1 heterocycles. The maximum atomic E-state index is 2.64. The van der Waals surface area contributed by atoms with Crippen LogP contribution in [0.4, 0.5) is 0 Å². The molecule has 0 N–H and O–H groups in total. The van der Waals surface area contributed by atoms with Crippen molar-refractivity contribution in [2.75, 3.05) is 13.1 Å². The minimum atomic E-state index is 0.545. The molecule has 1 saturated heterocycles. The zero-order valence-electron chi connectivity index (χ0n) is 12.9. The van der Waals surface area contributed by atoms with Crippen molar-refractivity contribution in [2.24, 2.45) is 5.92 Å². The van der Waals surface area contributed by atoms with Crippen molar-refractivity contribution in [1.82, 2.24) is 4.90 Å². The number of hydrogen-bond acceptors (Lipinski definition) is 1. The van der Waals surface area contributed by atoms with Gasteiger partial charge in [-0.15, -0.1) is 0 Å². The van der Waals surface area contributed by atoms with Crippen LogP contribution in [0.5, 0.6) is 0 Å². The first-order valence-electron chi connectivity index (χ1n) is 8.16. The van der Waals surface area contributed by atoms with Crippen molar-refractivity contribution in [3.63, 3.8) is 0 Å². The van der Waals surface area contributed by atoms with Crippen LogP contribution >= 0.6 is 0 Å². The predicted molar refractivity (Wildman–Crippen MR) is 89.3 cm³/mol. The fraction of sp³-hybridized carbons (Fsp3) is 0.400. The Morgan fingerprint density at radius 2 is 1.48 bits per heavy atom. The van der Waals surface area contributed by atoms with Crippen LogP contribution in [0.15, 0.2) is 60.7 Å². The average molecular weight is 279 g/mol. The monoisotopic (exact) mass is 279 g/mol. The molecule has 1 atom stereocenters. The number of benzene rings is 2. The molecule has 1 nitrogen and oxygen atoms in total. The Morgan fingerprint density at radius 3 is 2.10 bits per heavy atom. The molecular formula is C20H25N. The van der Waals surface area contributed by atoms with E-state index in [9.17, 15) is 0 Å². The molecule has 0 aliphatic carbocycles. The van der Waals surface area contributed by atoms with E-state index in [0.29, 0.717) is 6.04 Å². The van der Waals surface area contributed by atoms with Crippen LogP contribution in [0.2, 0.25) is 0 Å². The Bertz CT molecular complexity index is 526. The van der Waals surface area contributed by atoms with E-state index in [1.165, 1.54) is 43.5 Å². The van der Waals surface area contributed by atoms with Crippen LogP contribution in [0.25, 0.3) is 0 Å². The second kappa shape index (κ2) is 6.91. The molecule has 0 spiro atoms. The van der Waals surface area contributed by atoms with Crippen molar-refractivity contribution in [2.45, 2.75) is 32.2 Å². The third-order valence-corrected chi connectivity index (χ3v) is 4.85. The van der Waals surface area contributed by atoms with Crippen LogP contribution in [-0.4, -0.2) is 18.0 Å². The molecule has 0 bridgehead atoms. The molecule has 21 heavy (non-hydrogen) atoms. The van der Waals surface area contributed by atoms with Crippen molar-refractivity contribution >= 4 is 0 Å². The minimum absolute atomic E-state index is 0.545. The largest absolute Gasteiger partial charge is 0.297 e. The highest BCUT2D eigenvalue weighted by Gasteiger charge is 2.23. The highest BCUT2D eigenvalue weighted by atomic mass is 15.2. The quantitative estimate of drug-likeness (QED) is 0.784. The summed E-state index contributed by atoms with van der Waals surface area (Å²) in [6.45, 7) is 4.80. The molecule has 0 aromatic heterocycles. The highest BCUT2D eigenvalue weighted by molar-refractivity contribution is 5.19. The molecule has 1 fully saturated rings. The molecule has 2 aromatic carbocycles. The fourth-order valence-electron chi connectivity index (χ4n) is 3.43. The molecule has 110 valence electrons. The van der Waals surface area contributed by atoms with Gasteiger partial charge in [0.25, 0.3) is 0 Å². The van der Waals surface area contributed by atoms with Gasteiger partial charge < -0.3 is 0 Å². The summed E-state index contributed by atoms with van der Waals surface area (Å²) >= 11 is 0. The van der Waals surface area contributed by atoms with Gasteiger partial charge in [0.2, 0.25) is 0 Å². The van der Waals surface area contributed by atoms with Crippen molar-refractivity contribution in [3.05, 3.63) is 71.8 Å². The van der Waals surface area contributed by atoms with Gasteiger partial charge in [-0.3, -0.25) is 4.90 Å². The van der Waals surface area contributed by atoms with Crippen molar-refractivity contribution in [1.29, 1.82) is 0 Å². The van der Waals surface area contributed by atoms with E-state index >= 15 is 0 Å². The Labute approximate surface area is 128 Å². The second-order valence-electron chi connectivity index (χ2n) is 6.26. The predicted octanol–water partition coefficient (Wildman–Crippen LogP) is 4.70. The summed E-state index contributed by atoms with van der Waals surface area (Å²) in [4.78, 5) is 2.64. The van der Waals surface area contributed by atoms with E-state index in [2.05, 4.69) is 72.5 Å². The maximum Gasteiger partial charge on any atom is 0.0319 e. The lowest BCUT2D eigenvalue weighted by atomic mass is 9.89. The highest BCUT2D eigenvalue weighted by Crippen LogP contribution is 2.28. The Hall–Kier alpha value is -1.60. The van der Waals surface area contributed by atoms with E-state index in [0.717, 1.165) is 5.92 Å². The molecule has 3 rings (SSSR count). The summed E-state index contributed by atoms with van der Waals surface area (Å²) < 4.78 is 0. The van der Waals surface area contributed by atoms with Gasteiger partial charge in [0.15, 0.2) is 0 Å². The van der Waals surface area contributed by atoms with Gasteiger partial charge in [-0.2, -0.15) is 0 Å². The van der Waals surface area contributed by atoms with Gasteiger partial charge in [-0.1, -0.05) is 60.7 Å². The lowest BCUT2D eigenvalue weighted by Crippen LogP contribution is -2.36. The number of piperidine rings is 1. The standard InChI is InChI=1S/C20H25N/c1-17(20-10-6-3-7-11-20)21-14-12-19(13-15-21)16-18-8-4-2-5-9-18/h2-11,17,19H,12-16H2,1H3/t17-/m0/s1. The van der Waals surface area contributed by atoms with Gasteiger partial charge >= 0.3 is 0 Å². The zero-order valence-corrected chi connectivity index (χ0v) is 12.9. The van der Waals surface area contributed by atoms with E-state index < -0.39 is 0 Å². The minimum Gasteiger partial charge on any atom is -0.297 e. The Kier molecular flexibility index (Phi) is 4.72. The summed E-state index contributed by atoms with van der Waals surface area (Å²) in [5.41, 5.74) is 2.94. The molecule has 0 unspecified atom stereocenters. The lowest BCUT2D eigenvalue weighted by Gasteiger charge is -2.36. The van der Waals surface area contributed by atoms with Gasteiger partial charge in [0.1, 0.15) is 0 Å². The summed E-state index contributed by atoms with van der Waals surface area (Å²) in [6.07, 6.45) is 3.90. The van der Waals surface area contributed by atoms with Crippen LogP contribution in [0.3, 0.4) is 0 Å². The average Bonchev–Trinajstić information content (AvgIpc) is 2.57. The SMILES string of the molecule is C[C@@H](c1ccccc1)N1CCC(Cc2ccccc2)CC1. The molecule has 1 aliphatic heterocycles. The third kappa shape index (κ3) is 3.74. The molecule has 1 aliphatic rings. The van der Waals surface area contributed by atoms with Crippen LogP contribution < -0.4 is 0 Å². The Morgan fingerprint density at radius 1 is 0.905 bits per heavy atom. The summed E-state index contributed by atoms with van der Waals surface area (Å²) in [5, 5.41) is 0. The molecule has 0 saturated carbocycles. The third-order valence-electron chi connectivity index (χ3n) is 4.85. The molecular weight excluding hydrogens is 254 g/mol. The first-order chi connectivity index (χ1) is 10.3. The maximum absolute atomic E-state index is 2.64. The normalized spacial score (nSPS) is 18.5. The van der Waals surface area contributed by atoms with Crippen molar-refractivity contribution < 1.29 is 0 Å². The first-order valence-corrected chi connectivity index (χ1v) is 8.16. The van der Waals surface area contributed by atoms with Crippen molar-refractivity contribution in [3.8, 4) is 0 Å². The van der Waals surface area contributed by atoms with Crippen LogP contribution in [0, 0.1) is 5.92 Å². The van der Waals surface area contributed by atoms with Gasteiger partial charge in [0, 0.05) is 6.04 Å². The van der Waals surface area contributed by atoms with Gasteiger partial charge in [-0.05, 0) is 56.3 Å². The summed E-state index contributed by atoms with van der Waals surface area (Å²) in [5.74, 6) is 0.853. The first kappa shape index (κ1) is 14.3. The van der Waals surface area contributed by atoms with Gasteiger partial charge in [-0.25, -0.2) is 0 Å². The molecule has 2 aromatic rings. The van der Waals surface area contributed by atoms with Crippen LogP contribution in [0.1, 0.15) is 36.9 Å². The number of hydrogen-bond donors (Lipinski definition) is 0. The fourth-order valence-corrected chi connectivity index (χ4v) is 3.43. The van der Waals surface area contributed by atoms with E-state index in [-0.39, 0.29) is 0 Å².